The van der Waals surface area contributed by atoms with E-state index in [1.165, 1.54) is 11.1 Å². The lowest BCUT2D eigenvalue weighted by atomic mass is 9.77. The van der Waals surface area contributed by atoms with E-state index in [4.69, 9.17) is 25.6 Å². The second-order valence-corrected chi connectivity index (χ2v) is 11.3. The van der Waals surface area contributed by atoms with E-state index in [-0.39, 0.29) is 19.1 Å². The summed E-state index contributed by atoms with van der Waals surface area (Å²) in [5, 5.41) is 3.27. The van der Waals surface area contributed by atoms with Crippen LogP contribution in [0.15, 0.2) is 72.2 Å². The first-order valence-electron chi connectivity index (χ1n) is 13.0. The lowest BCUT2D eigenvalue weighted by molar-refractivity contribution is 0.00578. The Labute approximate surface area is 234 Å². The van der Waals surface area contributed by atoms with Gasteiger partial charge in [-0.2, -0.15) is 0 Å². The second-order valence-electron chi connectivity index (χ2n) is 10.9. The highest BCUT2D eigenvalue weighted by molar-refractivity contribution is 6.56. The standard InChI is InChI=1S/C31H31BClNO5/c1-30(2)31(3,4)39-32(38-30)22(16-21-14-13-20(18-35)15-28(21)33)17-34-29(36)37-19-27-25-11-7-5-9-23(25)24-10-6-8-12-26(24)27/h5-16,18,27H,17,19H2,1-4H3,(H,34,36). The smallest absolute Gasteiger partial charge is 0.449 e. The molecule has 8 heteroatoms. The van der Waals surface area contributed by atoms with Gasteiger partial charge in [0, 0.05) is 23.0 Å². The number of hydrogen-bond donors (Lipinski definition) is 1. The third-order valence-electron chi connectivity index (χ3n) is 7.84. The summed E-state index contributed by atoms with van der Waals surface area (Å²) < 4.78 is 18.2. The molecule has 0 aromatic heterocycles. The van der Waals surface area contributed by atoms with Gasteiger partial charge in [0.15, 0.2) is 0 Å². The number of fused-ring (bicyclic) bond motifs is 3. The number of nitrogens with one attached hydrogen (secondary N) is 1. The maximum atomic E-state index is 12.9. The Morgan fingerprint density at radius 2 is 1.56 bits per heavy atom. The van der Waals surface area contributed by atoms with Gasteiger partial charge in [-0.15, -0.1) is 0 Å². The number of carbonyl (C=O) groups is 2. The van der Waals surface area contributed by atoms with Crippen LogP contribution in [0.25, 0.3) is 17.2 Å². The molecule has 0 atom stereocenters. The molecule has 0 spiro atoms. The number of halogens is 1. The van der Waals surface area contributed by atoms with Crippen LogP contribution < -0.4 is 5.32 Å². The van der Waals surface area contributed by atoms with Crippen LogP contribution in [0.3, 0.4) is 0 Å². The van der Waals surface area contributed by atoms with E-state index in [1.807, 2.05) is 58.0 Å². The van der Waals surface area contributed by atoms with Gasteiger partial charge in [0.2, 0.25) is 0 Å². The van der Waals surface area contributed by atoms with E-state index in [2.05, 4.69) is 29.6 Å². The van der Waals surface area contributed by atoms with Crippen molar-refractivity contribution < 1.29 is 23.6 Å². The van der Waals surface area contributed by atoms with Crippen molar-refractivity contribution in [3.8, 4) is 11.1 Å². The molecule has 0 unspecified atom stereocenters. The van der Waals surface area contributed by atoms with Gasteiger partial charge in [-0.3, -0.25) is 4.79 Å². The van der Waals surface area contributed by atoms with Gasteiger partial charge in [0.25, 0.3) is 0 Å². The number of aldehydes is 1. The predicted molar refractivity (Wildman–Crippen MR) is 154 cm³/mol. The zero-order chi connectivity index (χ0) is 27.8. The lowest BCUT2D eigenvalue weighted by Crippen LogP contribution is -2.41. The molecule has 39 heavy (non-hydrogen) atoms. The van der Waals surface area contributed by atoms with E-state index in [0.29, 0.717) is 21.6 Å². The molecule has 200 valence electrons. The Morgan fingerprint density at radius 3 is 2.13 bits per heavy atom. The number of hydrogen-bond acceptors (Lipinski definition) is 5. The van der Waals surface area contributed by atoms with Crippen molar-refractivity contribution in [1.29, 1.82) is 0 Å². The highest BCUT2D eigenvalue weighted by atomic mass is 35.5. The molecule has 3 aromatic rings. The van der Waals surface area contributed by atoms with E-state index in [9.17, 15) is 9.59 Å². The second kappa shape index (κ2) is 10.6. The Morgan fingerprint density at radius 1 is 0.974 bits per heavy atom. The predicted octanol–water partition coefficient (Wildman–Crippen LogP) is 6.71. The average Bonchev–Trinajstić information content (AvgIpc) is 3.35. The zero-order valence-electron chi connectivity index (χ0n) is 22.5. The van der Waals surface area contributed by atoms with E-state index in [0.717, 1.165) is 17.4 Å². The highest BCUT2D eigenvalue weighted by Gasteiger charge is 2.52. The van der Waals surface area contributed by atoms with Crippen LogP contribution in [-0.4, -0.2) is 43.9 Å². The Hall–Kier alpha value is -3.39. The fraction of sp³-hybridized carbons (Fsp3) is 0.290. The molecule has 1 N–H and O–H groups in total. The topological polar surface area (TPSA) is 73.9 Å². The minimum atomic E-state index is -0.703. The van der Waals surface area contributed by atoms with Crippen molar-refractivity contribution in [1.82, 2.24) is 5.32 Å². The molecule has 1 aliphatic carbocycles. The maximum Gasteiger partial charge on any atom is 0.492 e. The summed E-state index contributed by atoms with van der Waals surface area (Å²) >= 11 is 6.44. The number of carbonyl (C=O) groups excluding carboxylic acids is 2. The first-order chi connectivity index (χ1) is 18.6. The minimum Gasteiger partial charge on any atom is -0.449 e. The monoisotopic (exact) mass is 543 g/mol. The van der Waals surface area contributed by atoms with Crippen LogP contribution in [-0.2, 0) is 14.0 Å². The maximum absolute atomic E-state index is 12.9. The number of ether oxygens (including phenoxy) is 1. The molecule has 1 saturated heterocycles. The van der Waals surface area contributed by atoms with E-state index >= 15 is 0 Å². The zero-order valence-corrected chi connectivity index (χ0v) is 23.2. The van der Waals surface area contributed by atoms with Crippen molar-refractivity contribution in [3.05, 3.63) is 99.5 Å². The summed E-state index contributed by atoms with van der Waals surface area (Å²) in [7, 11) is -0.703. The molecular formula is C31H31BClNO5. The number of rotatable bonds is 7. The van der Waals surface area contributed by atoms with Gasteiger partial charge in [-0.05, 0) is 67.1 Å². The van der Waals surface area contributed by atoms with Crippen LogP contribution in [0.2, 0.25) is 5.02 Å². The Bertz CT molecular complexity index is 1390. The number of alkyl carbamates (subject to hydrolysis) is 1. The third-order valence-corrected chi connectivity index (χ3v) is 8.17. The van der Waals surface area contributed by atoms with Gasteiger partial charge in [-0.25, -0.2) is 4.79 Å². The van der Waals surface area contributed by atoms with E-state index in [1.54, 1.807) is 18.2 Å². The first-order valence-corrected chi connectivity index (χ1v) is 13.4. The van der Waals surface area contributed by atoms with Gasteiger partial charge < -0.3 is 19.4 Å². The Kier molecular flexibility index (Phi) is 7.42. The molecule has 5 rings (SSSR count). The van der Waals surface area contributed by atoms with Crippen molar-refractivity contribution in [2.24, 2.45) is 0 Å². The molecule has 1 aliphatic heterocycles. The van der Waals surface area contributed by atoms with Crippen LogP contribution in [0, 0.1) is 0 Å². The quantitative estimate of drug-likeness (QED) is 0.265. The number of benzene rings is 3. The molecule has 0 bridgehead atoms. The SMILES string of the molecule is CC1(C)OB(C(=Cc2ccc(C=O)cc2Cl)CNC(=O)OCC2c3ccccc3-c3ccccc32)OC1(C)C. The summed E-state index contributed by atoms with van der Waals surface area (Å²) in [5.74, 6) is -0.0311. The van der Waals surface area contributed by atoms with Gasteiger partial charge in [-0.1, -0.05) is 78.3 Å². The summed E-state index contributed by atoms with van der Waals surface area (Å²) in [4.78, 5) is 24.0. The fourth-order valence-corrected chi connectivity index (χ4v) is 5.20. The molecule has 1 amide bonds. The molecule has 0 radical (unpaired) electrons. The van der Waals surface area contributed by atoms with E-state index < -0.39 is 24.4 Å². The normalized spacial score (nSPS) is 17.5. The lowest BCUT2D eigenvalue weighted by Gasteiger charge is -2.32. The highest BCUT2D eigenvalue weighted by Crippen LogP contribution is 2.44. The third kappa shape index (κ3) is 5.39. The van der Waals surface area contributed by atoms with Crippen LogP contribution >= 0.6 is 11.6 Å². The molecule has 2 aliphatic rings. The number of amides is 1. The van der Waals surface area contributed by atoms with Gasteiger partial charge in [0.1, 0.15) is 12.9 Å². The van der Waals surface area contributed by atoms with Crippen molar-refractivity contribution >= 4 is 37.2 Å². The summed E-state index contributed by atoms with van der Waals surface area (Å²) in [5.41, 5.74) is 5.35. The van der Waals surface area contributed by atoms with Crippen molar-refractivity contribution in [2.75, 3.05) is 13.2 Å². The molecule has 1 heterocycles. The largest absolute Gasteiger partial charge is 0.492 e. The Balaban J connectivity index is 1.32. The summed E-state index contributed by atoms with van der Waals surface area (Å²) in [6, 6.07) is 21.5. The van der Waals surface area contributed by atoms with Crippen LogP contribution in [0.1, 0.15) is 60.7 Å². The van der Waals surface area contributed by atoms with Crippen molar-refractivity contribution in [3.63, 3.8) is 0 Å². The first kappa shape index (κ1) is 27.2. The van der Waals surface area contributed by atoms with Crippen molar-refractivity contribution in [2.45, 2.75) is 44.8 Å². The minimum absolute atomic E-state index is 0.0311. The van der Waals surface area contributed by atoms with Gasteiger partial charge in [0.05, 0.1) is 11.2 Å². The fourth-order valence-electron chi connectivity index (χ4n) is 4.95. The summed E-state index contributed by atoms with van der Waals surface area (Å²) in [6.45, 7) is 8.21. The molecule has 1 fully saturated rings. The average molecular weight is 544 g/mol. The molecule has 0 saturated carbocycles. The molecule has 3 aromatic carbocycles. The van der Waals surface area contributed by atoms with Gasteiger partial charge >= 0.3 is 13.2 Å². The molecular weight excluding hydrogens is 513 g/mol. The van der Waals surface area contributed by atoms with Crippen LogP contribution in [0.5, 0.6) is 0 Å². The summed E-state index contributed by atoms with van der Waals surface area (Å²) in [6.07, 6.45) is 2.03. The molecule has 6 nitrogen and oxygen atoms in total. The van der Waals surface area contributed by atoms with Crippen LogP contribution in [0.4, 0.5) is 4.79 Å².